The van der Waals surface area contributed by atoms with Crippen LogP contribution in [-0.4, -0.2) is 31.1 Å². The van der Waals surface area contributed by atoms with Gasteiger partial charge in [-0.1, -0.05) is 24.3 Å². The highest BCUT2D eigenvalue weighted by atomic mass is 16.5. The van der Waals surface area contributed by atoms with Crippen molar-refractivity contribution in [3.63, 3.8) is 0 Å². The van der Waals surface area contributed by atoms with Gasteiger partial charge in [0.2, 0.25) is 0 Å². The second-order valence-electron chi connectivity index (χ2n) is 5.16. The maximum atomic E-state index is 5.98. The maximum Gasteiger partial charge on any atom is 0.0713 e. The summed E-state index contributed by atoms with van der Waals surface area (Å²) in [6.45, 7) is 4.83. The minimum Gasteiger partial charge on any atom is -0.380 e. The summed E-state index contributed by atoms with van der Waals surface area (Å²) in [6.07, 6.45) is 2.58. The lowest BCUT2D eigenvalue weighted by molar-refractivity contribution is 0.184. The van der Waals surface area contributed by atoms with E-state index in [9.17, 15) is 0 Å². The number of nitrogens with zero attached hydrogens (tertiary/aromatic N) is 1. The summed E-state index contributed by atoms with van der Waals surface area (Å²) in [5.74, 6) is 0. The lowest BCUT2D eigenvalue weighted by Gasteiger charge is -2.31. The first-order valence-corrected chi connectivity index (χ1v) is 6.80. The molecule has 0 bridgehead atoms. The van der Waals surface area contributed by atoms with Gasteiger partial charge in [-0.25, -0.2) is 0 Å². The Bertz CT molecular complexity index is 363. The van der Waals surface area contributed by atoms with Crippen LogP contribution in [0.2, 0.25) is 0 Å². The summed E-state index contributed by atoms with van der Waals surface area (Å²) < 4.78 is 5.14. The number of benzene rings is 1. The molecule has 1 aromatic carbocycles. The molecule has 1 aliphatic heterocycles. The van der Waals surface area contributed by atoms with Gasteiger partial charge in [0.05, 0.1) is 6.61 Å². The van der Waals surface area contributed by atoms with Gasteiger partial charge in [-0.05, 0) is 37.4 Å². The molecule has 1 saturated heterocycles. The third-order valence-corrected chi connectivity index (χ3v) is 3.90. The fourth-order valence-electron chi connectivity index (χ4n) is 2.88. The van der Waals surface area contributed by atoms with Gasteiger partial charge in [0.1, 0.15) is 0 Å². The van der Waals surface area contributed by atoms with Crippen molar-refractivity contribution in [2.75, 3.05) is 20.2 Å². The highest BCUT2D eigenvalue weighted by molar-refractivity contribution is 5.25. The number of rotatable bonds is 5. The van der Waals surface area contributed by atoms with Gasteiger partial charge in [0.15, 0.2) is 0 Å². The fourth-order valence-corrected chi connectivity index (χ4v) is 2.88. The van der Waals surface area contributed by atoms with Gasteiger partial charge in [-0.15, -0.1) is 0 Å². The van der Waals surface area contributed by atoms with Crippen molar-refractivity contribution in [1.29, 1.82) is 0 Å². The Morgan fingerprint density at radius 2 is 2.11 bits per heavy atom. The van der Waals surface area contributed by atoms with Gasteiger partial charge in [0, 0.05) is 25.7 Å². The molecular weight excluding hydrogens is 224 g/mol. The first-order chi connectivity index (χ1) is 8.76. The van der Waals surface area contributed by atoms with E-state index in [0.29, 0.717) is 25.2 Å². The smallest absolute Gasteiger partial charge is 0.0713 e. The van der Waals surface area contributed by atoms with E-state index in [1.165, 1.54) is 30.5 Å². The lowest BCUT2D eigenvalue weighted by atomic mass is 10.0. The Hall–Kier alpha value is -0.900. The van der Waals surface area contributed by atoms with Crippen LogP contribution in [-0.2, 0) is 11.3 Å². The highest BCUT2D eigenvalue weighted by Gasteiger charge is 2.27. The summed E-state index contributed by atoms with van der Waals surface area (Å²) in [5.41, 5.74) is 8.52. The molecule has 2 N–H and O–H groups in total. The van der Waals surface area contributed by atoms with Crippen LogP contribution in [0.4, 0.5) is 0 Å². The van der Waals surface area contributed by atoms with Crippen LogP contribution in [0.3, 0.4) is 0 Å². The second kappa shape index (κ2) is 6.32. The first-order valence-electron chi connectivity index (χ1n) is 6.80. The molecule has 0 aliphatic carbocycles. The zero-order valence-electron chi connectivity index (χ0n) is 11.4. The molecule has 3 heteroatoms. The van der Waals surface area contributed by atoms with Crippen LogP contribution in [0, 0.1) is 0 Å². The monoisotopic (exact) mass is 248 g/mol. The van der Waals surface area contributed by atoms with E-state index in [0.717, 1.165) is 0 Å². The van der Waals surface area contributed by atoms with Gasteiger partial charge >= 0.3 is 0 Å². The quantitative estimate of drug-likeness (QED) is 0.869. The molecule has 0 aromatic heterocycles. The molecule has 1 fully saturated rings. The number of nitrogens with two attached hydrogens (primary N) is 1. The summed E-state index contributed by atoms with van der Waals surface area (Å²) in [4.78, 5) is 2.53. The first kappa shape index (κ1) is 13.5. The number of ether oxygens (including phenoxy) is 1. The molecule has 2 rings (SSSR count). The number of hydrogen-bond donors (Lipinski definition) is 1. The van der Waals surface area contributed by atoms with E-state index in [2.05, 4.69) is 36.1 Å². The molecule has 18 heavy (non-hydrogen) atoms. The second-order valence-corrected chi connectivity index (χ2v) is 5.16. The molecule has 3 nitrogen and oxygen atoms in total. The molecule has 0 saturated carbocycles. The fraction of sp³-hybridized carbons (Fsp3) is 0.600. The third-order valence-electron chi connectivity index (χ3n) is 3.90. The zero-order valence-corrected chi connectivity index (χ0v) is 11.4. The summed E-state index contributed by atoms with van der Waals surface area (Å²) in [7, 11) is 1.72. The molecule has 0 amide bonds. The Balaban J connectivity index is 2.11. The van der Waals surface area contributed by atoms with E-state index in [1.807, 2.05) is 0 Å². The Kier molecular flexibility index (Phi) is 4.75. The molecule has 0 radical (unpaired) electrons. The maximum absolute atomic E-state index is 5.98. The van der Waals surface area contributed by atoms with Crippen LogP contribution < -0.4 is 5.73 Å². The summed E-state index contributed by atoms with van der Waals surface area (Å²) >= 11 is 0. The van der Waals surface area contributed by atoms with Crippen molar-refractivity contribution < 1.29 is 4.74 Å². The molecular formula is C15H24N2O. The van der Waals surface area contributed by atoms with Crippen molar-refractivity contribution >= 4 is 0 Å². The van der Waals surface area contributed by atoms with E-state index >= 15 is 0 Å². The van der Waals surface area contributed by atoms with E-state index in [1.54, 1.807) is 7.11 Å². The van der Waals surface area contributed by atoms with Crippen molar-refractivity contribution in [1.82, 2.24) is 4.90 Å². The number of hydrogen-bond acceptors (Lipinski definition) is 3. The average molecular weight is 248 g/mol. The predicted molar refractivity (Wildman–Crippen MR) is 74.4 cm³/mol. The lowest BCUT2D eigenvalue weighted by Crippen LogP contribution is -2.35. The van der Waals surface area contributed by atoms with Crippen LogP contribution in [0.1, 0.15) is 36.9 Å². The highest BCUT2D eigenvalue weighted by Crippen LogP contribution is 2.28. The Labute approximate surface area is 110 Å². The molecule has 1 aromatic rings. The minimum atomic E-state index is 0.360. The van der Waals surface area contributed by atoms with Crippen LogP contribution >= 0.6 is 0 Å². The molecule has 0 spiro atoms. The summed E-state index contributed by atoms with van der Waals surface area (Å²) in [6, 6.07) is 9.68. The van der Waals surface area contributed by atoms with Crippen molar-refractivity contribution in [2.24, 2.45) is 5.73 Å². The molecule has 100 valence electrons. The average Bonchev–Trinajstić information content (AvgIpc) is 2.79. The normalized spacial score (nSPS) is 22.3. The number of likely N-dealkylation sites (tertiary alicyclic amines) is 1. The van der Waals surface area contributed by atoms with Crippen molar-refractivity contribution in [2.45, 2.75) is 38.5 Å². The molecule has 1 aliphatic rings. The SMILES string of the molecule is COCc1ccc(C(CN)N2CCCC2C)cc1. The minimum absolute atomic E-state index is 0.360. The van der Waals surface area contributed by atoms with Gasteiger partial charge in [-0.3, -0.25) is 4.90 Å². The van der Waals surface area contributed by atoms with E-state index in [-0.39, 0.29) is 0 Å². The van der Waals surface area contributed by atoms with Gasteiger partial charge < -0.3 is 10.5 Å². The van der Waals surface area contributed by atoms with Gasteiger partial charge in [-0.2, -0.15) is 0 Å². The Morgan fingerprint density at radius 3 is 2.61 bits per heavy atom. The van der Waals surface area contributed by atoms with E-state index in [4.69, 9.17) is 10.5 Å². The topological polar surface area (TPSA) is 38.5 Å². The van der Waals surface area contributed by atoms with Crippen LogP contribution in [0.5, 0.6) is 0 Å². The predicted octanol–water partition coefficient (Wildman–Crippen LogP) is 2.32. The molecule has 2 unspecified atom stereocenters. The standard InChI is InChI=1S/C15H24N2O/c1-12-4-3-9-17(12)15(10-16)14-7-5-13(6-8-14)11-18-2/h5-8,12,15H,3-4,9-11,16H2,1-2H3. The van der Waals surface area contributed by atoms with Crippen LogP contribution in [0.25, 0.3) is 0 Å². The van der Waals surface area contributed by atoms with Crippen molar-refractivity contribution in [3.05, 3.63) is 35.4 Å². The van der Waals surface area contributed by atoms with Gasteiger partial charge in [0.25, 0.3) is 0 Å². The van der Waals surface area contributed by atoms with E-state index < -0.39 is 0 Å². The largest absolute Gasteiger partial charge is 0.380 e. The summed E-state index contributed by atoms with van der Waals surface area (Å²) in [5, 5.41) is 0. The molecule has 1 heterocycles. The van der Waals surface area contributed by atoms with Crippen molar-refractivity contribution in [3.8, 4) is 0 Å². The molecule has 2 atom stereocenters. The zero-order chi connectivity index (χ0) is 13.0. The third kappa shape index (κ3) is 2.91. The Morgan fingerprint density at radius 1 is 1.39 bits per heavy atom. The number of methoxy groups -OCH3 is 1. The van der Waals surface area contributed by atoms with Crippen LogP contribution in [0.15, 0.2) is 24.3 Å².